The van der Waals surface area contributed by atoms with Gasteiger partial charge in [0.1, 0.15) is 0 Å². The molecule has 0 spiro atoms. The summed E-state index contributed by atoms with van der Waals surface area (Å²) in [7, 11) is 0. The maximum Gasteiger partial charge on any atom is 0.262 e. The number of nitrogens with one attached hydrogen (secondary N) is 1. The number of hydrogen-bond donors (Lipinski definition) is 1. The smallest absolute Gasteiger partial charge is 0.262 e. The molecule has 0 aliphatic rings. The van der Waals surface area contributed by atoms with Gasteiger partial charge in [-0.05, 0) is 50.1 Å². The van der Waals surface area contributed by atoms with Gasteiger partial charge in [-0.2, -0.15) is 0 Å². The van der Waals surface area contributed by atoms with E-state index in [0.717, 1.165) is 12.0 Å². The summed E-state index contributed by atoms with van der Waals surface area (Å²) >= 11 is 7.37. The van der Waals surface area contributed by atoms with Crippen molar-refractivity contribution in [1.29, 1.82) is 0 Å². The number of aromatic nitrogens is 2. The zero-order chi connectivity index (χ0) is 20.3. The number of nitrogens with zero attached hydrogens (tertiary/aromatic N) is 2. The predicted octanol–water partition coefficient (Wildman–Crippen LogP) is 5.06. The fraction of sp³-hybridized carbons (Fsp3) is 0.286. The molecule has 1 aromatic heterocycles. The molecule has 28 heavy (non-hydrogen) atoms. The van der Waals surface area contributed by atoms with Crippen LogP contribution in [0.1, 0.15) is 31.9 Å². The van der Waals surface area contributed by atoms with Gasteiger partial charge in [0, 0.05) is 16.8 Å². The highest BCUT2D eigenvalue weighted by Gasteiger charge is 2.17. The van der Waals surface area contributed by atoms with Crippen LogP contribution < -0.4 is 10.9 Å². The van der Waals surface area contributed by atoms with Crippen molar-refractivity contribution in [2.75, 3.05) is 11.1 Å². The van der Waals surface area contributed by atoms with Gasteiger partial charge >= 0.3 is 0 Å². The first-order chi connectivity index (χ1) is 13.4. The minimum absolute atomic E-state index is 0.00894. The van der Waals surface area contributed by atoms with Crippen LogP contribution in [0.5, 0.6) is 0 Å². The number of anilines is 1. The lowest BCUT2D eigenvalue weighted by Crippen LogP contribution is -2.26. The Morgan fingerprint density at radius 2 is 2.00 bits per heavy atom. The minimum atomic E-state index is -0.173. The van der Waals surface area contributed by atoms with Crippen molar-refractivity contribution in [1.82, 2.24) is 9.55 Å². The van der Waals surface area contributed by atoms with Gasteiger partial charge in [-0.1, -0.05) is 48.5 Å². The molecule has 0 saturated carbocycles. The second-order valence-electron chi connectivity index (χ2n) is 6.59. The monoisotopic (exact) mass is 415 g/mol. The summed E-state index contributed by atoms with van der Waals surface area (Å²) in [5, 5.41) is 4.62. The summed E-state index contributed by atoms with van der Waals surface area (Å²) in [5.41, 5.74) is 2.07. The number of amides is 1. The number of hydrogen-bond acceptors (Lipinski definition) is 4. The second-order valence-corrected chi connectivity index (χ2v) is 7.94. The van der Waals surface area contributed by atoms with E-state index in [9.17, 15) is 9.59 Å². The summed E-state index contributed by atoms with van der Waals surface area (Å²) < 4.78 is 1.69. The van der Waals surface area contributed by atoms with Crippen LogP contribution in [0.15, 0.2) is 52.4 Å². The van der Waals surface area contributed by atoms with E-state index in [0.29, 0.717) is 26.8 Å². The largest absolute Gasteiger partial charge is 0.325 e. The molecular formula is C21H22ClN3O2S. The van der Waals surface area contributed by atoms with Crippen molar-refractivity contribution in [2.24, 2.45) is 0 Å². The molecule has 0 unspecified atom stereocenters. The van der Waals surface area contributed by atoms with E-state index in [1.807, 2.05) is 45.0 Å². The summed E-state index contributed by atoms with van der Waals surface area (Å²) in [4.78, 5) is 30.1. The summed E-state index contributed by atoms with van der Waals surface area (Å²) in [5.74, 6) is -0.0267. The van der Waals surface area contributed by atoms with Crippen molar-refractivity contribution >= 4 is 45.9 Å². The zero-order valence-electron chi connectivity index (χ0n) is 16.0. The first-order valence-corrected chi connectivity index (χ1v) is 10.5. The molecule has 1 heterocycles. The molecule has 1 amide bonds. The van der Waals surface area contributed by atoms with Crippen LogP contribution in [0, 0.1) is 6.92 Å². The molecular weight excluding hydrogens is 394 g/mol. The van der Waals surface area contributed by atoms with E-state index >= 15 is 0 Å². The number of thioether (sulfide) groups is 1. The van der Waals surface area contributed by atoms with Crippen LogP contribution >= 0.6 is 23.4 Å². The standard InChI is InChI=1S/C21H22ClN3O2S/c1-4-13(2)25-20(27)15-8-5-6-10-18(15)24-21(25)28-12-19(26)23-17-11-7-9-16(22)14(17)3/h5-11,13H,4,12H2,1-3H3,(H,23,26)/t13-/m0/s1. The molecule has 0 radical (unpaired) electrons. The van der Waals surface area contributed by atoms with Crippen molar-refractivity contribution in [3.63, 3.8) is 0 Å². The van der Waals surface area contributed by atoms with Crippen LogP contribution in [0.2, 0.25) is 5.02 Å². The molecule has 2 aromatic carbocycles. The number of para-hydroxylation sites is 1. The van der Waals surface area contributed by atoms with E-state index in [2.05, 4.69) is 10.3 Å². The van der Waals surface area contributed by atoms with Gasteiger partial charge in [0.05, 0.1) is 16.7 Å². The first-order valence-electron chi connectivity index (χ1n) is 9.11. The molecule has 3 rings (SSSR count). The molecule has 3 aromatic rings. The summed E-state index contributed by atoms with van der Waals surface area (Å²) in [6.07, 6.45) is 0.793. The molecule has 0 aliphatic heterocycles. The quantitative estimate of drug-likeness (QED) is 0.451. The molecule has 1 N–H and O–H groups in total. The normalized spacial score (nSPS) is 12.1. The number of carbonyl (C=O) groups is 1. The molecule has 7 heteroatoms. The highest BCUT2D eigenvalue weighted by atomic mass is 35.5. The van der Waals surface area contributed by atoms with Gasteiger partial charge in [0.25, 0.3) is 5.56 Å². The van der Waals surface area contributed by atoms with E-state index in [1.165, 1.54) is 11.8 Å². The van der Waals surface area contributed by atoms with Crippen molar-refractivity contribution < 1.29 is 4.79 Å². The Morgan fingerprint density at radius 3 is 2.75 bits per heavy atom. The number of benzene rings is 2. The van der Waals surface area contributed by atoms with Gasteiger partial charge in [0.2, 0.25) is 5.91 Å². The van der Waals surface area contributed by atoms with Crippen LogP contribution in [-0.4, -0.2) is 21.2 Å². The number of halogens is 1. The molecule has 5 nitrogen and oxygen atoms in total. The Bertz CT molecular complexity index is 1080. The van der Waals surface area contributed by atoms with Crippen LogP contribution in [0.25, 0.3) is 10.9 Å². The second kappa shape index (κ2) is 8.80. The number of carbonyl (C=O) groups excluding carboxylic acids is 1. The first kappa shape index (κ1) is 20.4. The van der Waals surface area contributed by atoms with E-state index < -0.39 is 0 Å². The highest BCUT2D eigenvalue weighted by Crippen LogP contribution is 2.25. The Labute approximate surface area is 173 Å². The Balaban J connectivity index is 1.86. The lowest BCUT2D eigenvalue weighted by molar-refractivity contribution is -0.113. The molecule has 0 bridgehead atoms. The third-order valence-corrected chi connectivity index (χ3v) is 6.04. The van der Waals surface area contributed by atoms with Gasteiger partial charge < -0.3 is 5.32 Å². The van der Waals surface area contributed by atoms with E-state index in [1.54, 1.807) is 22.8 Å². The zero-order valence-corrected chi connectivity index (χ0v) is 17.6. The summed E-state index contributed by atoms with van der Waals surface area (Å²) in [6.45, 7) is 5.86. The minimum Gasteiger partial charge on any atom is -0.325 e. The van der Waals surface area contributed by atoms with Gasteiger partial charge in [-0.15, -0.1) is 0 Å². The lowest BCUT2D eigenvalue weighted by atomic mass is 10.2. The Kier molecular flexibility index (Phi) is 6.42. The maximum atomic E-state index is 13.0. The molecule has 0 fully saturated rings. The maximum absolute atomic E-state index is 13.0. The van der Waals surface area contributed by atoms with Crippen molar-refractivity contribution in [3.8, 4) is 0 Å². The third-order valence-electron chi connectivity index (χ3n) is 4.68. The summed E-state index contributed by atoms with van der Waals surface area (Å²) in [6, 6.07) is 12.7. The fourth-order valence-electron chi connectivity index (χ4n) is 2.86. The highest BCUT2D eigenvalue weighted by molar-refractivity contribution is 7.99. The molecule has 0 saturated heterocycles. The lowest BCUT2D eigenvalue weighted by Gasteiger charge is -2.18. The van der Waals surface area contributed by atoms with Crippen molar-refractivity contribution in [2.45, 2.75) is 38.4 Å². The average molecular weight is 416 g/mol. The SMILES string of the molecule is CC[C@H](C)n1c(SCC(=O)Nc2cccc(Cl)c2C)nc2ccccc2c1=O. The number of fused-ring (bicyclic) bond motifs is 1. The Morgan fingerprint density at radius 1 is 1.25 bits per heavy atom. The molecule has 0 aliphatic carbocycles. The number of rotatable bonds is 6. The van der Waals surface area contributed by atoms with E-state index in [-0.39, 0.29) is 23.3 Å². The topological polar surface area (TPSA) is 64.0 Å². The molecule has 146 valence electrons. The molecule has 1 atom stereocenters. The van der Waals surface area contributed by atoms with Crippen LogP contribution in [0.4, 0.5) is 5.69 Å². The van der Waals surface area contributed by atoms with Gasteiger partial charge in [-0.25, -0.2) is 4.98 Å². The van der Waals surface area contributed by atoms with Gasteiger partial charge in [-0.3, -0.25) is 14.2 Å². The average Bonchev–Trinajstić information content (AvgIpc) is 2.69. The Hall–Kier alpha value is -2.31. The van der Waals surface area contributed by atoms with Crippen molar-refractivity contribution in [3.05, 3.63) is 63.4 Å². The van der Waals surface area contributed by atoms with Crippen LogP contribution in [-0.2, 0) is 4.79 Å². The third kappa shape index (κ3) is 4.23. The van der Waals surface area contributed by atoms with E-state index in [4.69, 9.17) is 11.6 Å². The van der Waals surface area contributed by atoms with Gasteiger partial charge in [0.15, 0.2) is 5.16 Å². The predicted molar refractivity (Wildman–Crippen MR) is 117 cm³/mol. The van der Waals surface area contributed by atoms with Crippen LogP contribution in [0.3, 0.4) is 0 Å². The fourth-order valence-corrected chi connectivity index (χ4v) is 3.93.